The van der Waals surface area contributed by atoms with Gasteiger partial charge in [0.25, 0.3) is 0 Å². The summed E-state index contributed by atoms with van der Waals surface area (Å²) in [5, 5.41) is 3.38. The number of para-hydroxylation sites is 1. The molecule has 3 heteroatoms. The molecule has 0 aromatic heterocycles. The SMILES string of the molecule is CC[C@@H](C)c1ccccc1OCCNCCN(C)C. The van der Waals surface area contributed by atoms with Gasteiger partial charge in [0.15, 0.2) is 0 Å². The third-order valence-corrected chi connectivity index (χ3v) is 3.33. The average Bonchev–Trinajstić information content (AvgIpc) is 2.42. The summed E-state index contributed by atoms with van der Waals surface area (Å²) in [7, 11) is 4.17. The van der Waals surface area contributed by atoms with E-state index in [1.54, 1.807) is 0 Å². The summed E-state index contributed by atoms with van der Waals surface area (Å²) in [5.41, 5.74) is 1.32. The molecule has 19 heavy (non-hydrogen) atoms. The Kier molecular flexibility index (Phi) is 7.53. The van der Waals surface area contributed by atoms with Crippen LogP contribution in [-0.4, -0.2) is 45.2 Å². The zero-order valence-electron chi connectivity index (χ0n) is 12.8. The van der Waals surface area contributed by atoms with Gasteiger partial charge in [0, 0.05) is 19.6 Å². The lowest BCUT2D eigenvalue weighted by molar-refractivity contribution is 0.304. The molecule has 0 aliphatic rings. The van der Waals surface area contributed by atoms with Gasteiger partial charge in [0.1, 0.15) is 12.4 Å². The highest BCUT2D eigenvalue weighted by Gasteiger charge is 2.08. The first-order valence-corrected chi connectivity index (χ1v) is 7.22. The van der Waals surface area contributed by atoms with Gasteiger partial charge in [-0.2, -0.15) is 0 Å². The molecule has 0 fully saturated rings. The molecule has 0 unspecified atom stereocenters. The second-order valence-corrected chi connectivity index (χ2v) is 5.25. The van der Waals surface area contributed by atoms with Crippen LogP contribution in [0.2, 0.25) is 0 Å². The van der Waals surface area contributed by atoms with Crippen LogP contribution < -0.4 is 10.1 Å². The topological polar surface area (TPSA) is 24.5 Å². The zero-order chi connectivity index (χ0) is 14.1. The van der Waals surface area contributed by atoms with Crippen molar-refractivity contribution in [3.8, 4) is 5.75 Å². The Balaban J connectivity index is 2.33. The number of hydrogen-bond donors (Lipinski definition) is 1. The molecule has 1 aromatic rings. The Morgan fingerprint density at radius 3 is 2.63 bits per heavy atom. The molecule has 0 heterocycles. The first-order valence-electron chi connectivity index (χ1n) is 7.22. The number of hydrogen-bond acceptors (Lipinski definition) is 3. The van der Waals surface area contributed by atoms with E-state index in [1.807, 2.05) is 6.07 Å². The van der Waals surface area contributed by atoms with E-state index in [-0.39, 0.29) is 0 Å². The highest BCUT2D eigenvalue weighted by Crippen LogP contribution is 2.28. The second-order valence-electron chi connectivity index (χ2n) is 5.25. The second kappa shape index (κ2) is 8.94. The third-order valence-electron chi connectivity index (χ3n) is 3.33. The maximum atomic E-state index is 5.89. The Morgan fingerprint density at radius 1 is 1.21 bits per heavy atom. The fraction of sp³-hybridized carbons (Fsp3) is 0.625. The maximum Gasteiger partial charge on any atom is 0.122 e. The molecule has 0 saturated heterocycles. The van der Waals surface area contributed by atoms with Crippen LogP contribution in [0.25, 0.3) is 0 Å². The summed E-state index contributed by atoms with van der Waals surface area (Å²) in [6.45, 7) is 8.14. The van der Waals surface area contributed by atoms with E-state index < -0.39 is 0 Å². The monoisotopic (exact) mass is 264 g/mol. The van der Waals surface area contributed by atoms with Crippen LogP contribution in [0, 0.1) is 0 Å². The molecule has 1 atom stereocenters. The molecule has 1 N–H and O–H groups in total. The zero-order valence-corrected chi connectivity index (χ0v) is 12.8. The first-order chi connectivity index (χ1) is 9.15. The summed E-state index contributed by atoms with van der Waals surface area (Å²) in [4.78, 5) is 2.17. The van der Waals surface area contributed by atoms with E-state index in [2.05, 4.69) is 56.4 Å². The van der Waals surface area contributed by atoms with Gasteiger partial charge in [-0.15, -0.1) is 0 Å². The number of ether oxygens (including phenoxy) is 1. The molecule has 0 saturated carbocycles. The lowest BCUT2D eigenvalue weighted by Gasteiger charge is -2.16. The lowest BCUT2D eigenvalue weighted by atomic mass is 9.98. The minimum Gasteiger partial charge on any atom is -0.492 e. The predicted molar refractivity (Wildman–Crippen MR) is 82.1 cm³/mol. The molecule has 0 amide bonds. The van der Waals surface area contributed by atoms with Gasteiger partial charge in [0.2, 0.25) is 0 Å². The van der Waals surface area contributed by atoms with Crippen molar-refractivity contribution in [3.05, 3.63) is 29.8 Å². The van der Waals surface area contributed by atoms with Crippen LogP contribution in [0.1, 0.15) is 31.7 Å². The fourth-order valence-corrected chi connectivity index (χ4v) is 1.90. The van der Waals surface area contributed by atoms with Crippen LogP contribution in [0.4, 0.5) is 0 Å². The highest BCUT2D eigenvalue weighted by molar-refractivity contribution is 5.35. The Hall–Kier alpha value is -1.06. The van der Waals surface area contributed by atoms with Crippen molar-refractivity contribution in [2.75, 3.05) is 40.3 Å². The normalized spacial score (nSPS) is 12.7. The van der Waals surface area contributed by atoms with Crippen molar-refractivity contribution in [2.45, 2.75) is 26.2 Å². The Bertz CT molecular complexity index is 352. The van der Waals surface area contributed by atoms with E-state index in [1.165, 1.54) is 5.56 Å². The van der Waals surface area contributed by atoms with Crippen LogP contribution in [0.5, 0.6) is 5.75 Å². The summed E-state index contributed by atoms with van der Waals surface area (Å²) >= 11 is 0. The minimum atomic E-state index is 0.554. The lowest BCUT2D eigenvalue weighted by Crippen LogP contribution is -2.29. The Labute approximate surface area is 118 Å². The molecule has 0 aliphatic carbocycles. The largest absolute Gasteiger partial charge is 0.492 e. The third kappa shape index (κ3) is 6.08. The molecular weight excluding hydrogens is 236 g/mol. The number of likely N-dealkylation sites (N-methyl/N-ethyl adjacent to an activating group) is 1. The van der Waals surface area contributed by atoms with E-state index in [0.29, 0.717) is 5.92 Å². The number of nitrogens with zero attached hydrogens (tertiary/aromatic N) is 1. The maximum absolute atomic E-state index is 5.89. The van der Waals surface area contributed by atoms with E-state index >= 15 is 0 Å². The van der Waals surface area contributed by atoms with Crippen molar-refractivity contribution in [1.29, 1.82) is 0 Å². The van der Waals surface area contributed by atoms with Crippen molar-refractivity contribution in [1.82, 2.24) is 10.2 Å². The van der Waals surface area contributed by atoms with E-state index in [4.69, 9.17) is 4.74 Å². The highest BCUT2D eigenvalue weighted by atomic mass is 16.5. The minimum absolute atomic E-state index is 0.554. The molecule has 0 bridgehead atoms. The quantitative estimate of drug-likeness (QED) is 0.694. The van der Waals surface area contributed by atoms with Gasteiger partial charge in [-0.3, -0.25) is 0 Å². The van der Waals surface area contributed by atoms with Gasteiger partial charge in [-0.25, -0.2) is 0 Å². The summed E-state index contributed by atoms with van der Waals surface area (Å²) in [6.07, 6.45) is 1.14. The standard InChI is InChI=1S/C16H28N2O/c1-5-14(2)15-8-6-7-9-16(15)19-13-11-17-10-12-18(3)4/h6-9,14,17H,5,10-13H2,1-4H3/t14-/m1/s1. The molecular formula is C16H28N2O. The predicted octanol–water partition coefficient (Wildman–Crippen LogP) is 2.73. The number of rotatable bonds is 9. The van der Waals surface area contributed by atoms with Crippen LogP contribution >= 0.6 is 0 Å². The van der Waals surface area contributed by atoms with Crippen molar-refractivity contribution in [3.63, 3.8) is 0 Å². The van der Waals surface area contributed by atoms with Crippen molar-refractivity contribution >= 4 is 0 Å². The number of benzene rings is 1. The van der Waals surface area contributed by atoms with Gasteiger partial charge >= 0.3 is 0 Å². The molecule has 3 nitrogen and oxygen atoms in total. The first kappa shape index (κ1) is 16.0. The van der Waals surface area contributed by atoms with Crippen molar-refractivity contribution < 1.29 is 4.74 Å². The molecule has 0 aliphatic heterocycles. The van der Waals surface area contributed by atoms with E-state index in [9.17, 15) is 0 Å². The van der Waals surface area contributed by atoms with E-state index in [0.717, 1.165) is 38.4 Å². The van der Waals surface area contributed by atoms with Gasteiger partial charge in [0.05, 0.1) is 0 Å². The summed E-state index contributed by atoms with van der Waals surface area (Å²) in [5.74, 6) is 1.59. The fourth-order valence-electron chi connectivity index (χ4n) is 1.90. The van der Waals surface area contributed by atoms with Gasteiger partial charge in [-0.1, -0.05) is 32.0 Å². The summed E-state index contributed by atoms with van der Waals surface area (Å²) in [6, 6.07) is 8.37. The smallest absolute Gasteiger partial charge is 0.122 e. The van der Waals surface area contributed by atoms with Crippen LogP contribution in [-0.2, 0) is 0 Å². The average molecular weight is 264 g/mol. The molecule has 0 spiro atoms. The molecule has 1 aromatic carbocycles. The Morgan fingerprint density at radius 2 is 1.95 bits per heavy atom. The van der Waals surface area contributed by atoms with Crippen LogP contribution in [0.15, 0.2) is 24.3 Å². The van der Waals surface area contributed by atoms with Gasteiger partial charge < -0.3 is 15.0 Å². The molecule has 0 radical (unpaired) electrons. The summed E-state index contributed by atoms with van der Waals surface area (Å²) < 4.78 is 5.89. The number of nitrogens with one attached hydrogen (secondary N) is 1. The van der Waals surface area contributed by atoms with Crippen molar-refractivity contribution in [2.24, 2.45) is 0 Å². The van der Waals surface area contributed by atoms with Crippen LogP contribution in [0.3, 0.4) is 0 Å². The molecule has 108 valence electrons. The molecule has 1 rings (SSSR count). The van der Waals surface area contributed by atoms with Gasteiger partial charge in [-0.05, 0) is 38.1 Å².